The van der Waals surface area contributed by atoms with E-state index < -0.39 is 0 Å². The van der Waals surface area contributed by atoms with Gasteiger partial charge in [-0.3, -0.25) is 0 Å². The number of hydrogen-bond acceptors (Lipinski definition) is 2. The molecule has 2 aromatic rings. The van der Waals surface area contributed by atoms with Gasteiger partial charge in [0.05, 0.1) is 5.02 Å². The van der Waals surface area contributed by atoms with Crippen LogP contribution in [-0.2, 0) is 6.42 Å². The molecule has 0 aliphatic heterocycles. The summed E-state index contributed by atoms with van der Waals surface area (Å²) in [5.41, 5.74) is 6.68. The van der Waals surface area contributed by atoms with Gasteiger partial charge in [0.2, 0.25) is 0 Å². The van der Waals surface area contributed by atoms with Gasteiger partial charge in [0.15, 0.2) is 0 Å². The van der Waals surface area contributed by atoms with Crippen LogP contribution in [0.1, 0.15) is 5.56 Å². The summed E-state index contributed by atoms with van der Waals surface area (Å²) >= 11 is 7.67. The molecule has 94 valence electrons. The lowest BCUT2D eigenvalue weighted by molar-refractivity contribution is 0.624. The minimum absolute atomic E-state index is 0.243. The van der Waals surface area contributed by atoms with Crippen LogP contribution in [0, 0.1) is 5.82 Å². The van der Waals surface area contributed by atoms with E-state index in [9.17, 15) is 4.39 Å². The molecule has 0 aliphatic rings. The number of hydrogen-bond donors (Lipinski definition) is 1. The van der Waals surface area contributed by atoms with E-state index in [0.29, 0.717) is 11.6 Å². The topological polar surface area (TPSA) is 26.0 Å². The van der Waals surface area contributed by atoms with Crippen molar-refractivity contribution in [3.05, 3.63) is 58.9 Å². The minimum Gasteiger partial charge on any atom is -0.330 e. The highest BCUT2D eigenvalue weighted by Gasteiger charge is 2.08. The summed E-state index contributed by atoms with van der Waals surface area (Å²) in [6.45, 7) is 0.567. The average molecular weight is 282 g/mol. The van der Waals surface area contributed by atoms with Gasteiger partial charge in [-0.05, 0) is 42.8 Å². The van der Waals surface area contributed by atoms with E-state index >= 15 is 0 Å². The maximum atomic E-state index is 13.2. The molecular formula is C14H13ClFNS. The Bertz CT molecular complexity index is 545. The van der Waals surface area contributed by atoms with E-state index in [-0.39, 0.29) is 5.82 Å². The molecule has 2 aromatic carbocycles. The summed E-state index contributed by atoms with van der Waals surface area (Å²) in [6, 6.07) is 12.2. The molecule has 0 bridgehead atoms. The molecule has 0 aliphatic carbocycles. The van der Waals surface area contributed by atoms with Gasteiger partial charge in [-0.25, -0.2) is 4.39 Å². The summed E-state index contributed by atoms with van der Waals surface area (Å²) in [5.74, 6) is -0.243. The molecule has 0 unspecified atom stereocenters. The molecule has 1 nitrogen and oxygen atoms in total. The standard InChI is InChI=1S/C14H13ClFNS/c15-13-6-1-3-10(7-8-17)14(13)18-12-5-2-4-11(16)9-12/h1-6,9H,7-8,17H2. The molecular weight excluding hydrogens is 269 g/mol. The molecule has 4 heteroatoms. The van der Waals surface area contributed by atoms with Crippen molar-refractivity contribution in [3.63, 3.8) is 0 Å². The van der Waals surface area contributed by atoms with Gasteiger partial charge in [-0.15, -0.1) is 0 Å². The van der Waals surface area contributed by atoms with Crippen LogP contribution in [0.15, 0.2) is 52.3 Å². The third-order valence-corrected chi connectivity index (χ3v) is 4.08. The zero-order chi connectivity index (χ0) is 13.0. The Morgan fingerprint density at radius 1 is 1.17 bits per heavy atom. The summed E-state index contributed by atoms with van der Waals surface area (Å²) in [5, 5.41) is 0.676. The van der Waals surface area contributed by atoms with Crippen molar-refractivity contribution in [2.24, 2.45) is 5.73 Å². The Morgan fingerprint density at radius 3 is 2.67 bits per heavy atom. The van der Waals surface area contributed by atoms with Crippen molar-refractivity contribution in [2.75, 3.05) is 6.54 Å². The van der Waals surface area contributed by atoms with Gasteiger partial charge in [-0.2, -0.15) is 0 Å². The molecule has 0 amide bonds. The average Bonchev–Trinajstić information content (AvgIpc) is 2.34. The highest BCUT2D eigenvalue weighted by molar-refractivity contribution is 7.99. The Hall–Kier alpha value is -1.03. The zero-order valence-corrected chi connectivity index (χ0v) is 11.3. The minimum atomic E-state index is -0.243. The Labute approximate surface area is 115 Å². The second kappa shape index (κ2) is 6.23. The fourth-order valence-electron chi connectivity index (χ4n) is 1.67. The van der Waals surface area contributed by atoms with Crippen molar-refractivity contribution in [3.8, 4) is 0 Å². The van der Waals surface area contributed by atoms with Crippen molar-refractivity contribution in [2.45, 2.75) is 16.2 Å². The first-order valence-corrected chi connectivity index (χ1v) is 6.81. The fourth-order valence-corrected chi connectivity index (χ4v) is 3.00. The van der Waals surface area contributed by atoms with Crippen LogP contribution in [-0.4, -0.2) is 6.54 Å². The second-order valence-electron chi connectivity index (χ2n) is 3.83. The molecule has 0 aromatic heterocycles. The smallest absolute Gasteiger partial charge is 0.124 e. The first kappa shape index (κ1) is 13.4. The van der Waals surface area contributed by atoms with E-state index in [1.165, 1.54) is 23.9 Å². The van der Waals surface area contributed by atoms with Crippen LogP contribution in [0.5, 0.6) is 0 Å². The van der Waals surface area contributed by atoms with E-state index in [0.717, 1.165) is 21.8 Å². The quantitative estimate of drug-likeness (QED) is 0.912. The molecule has 0 saturated heterocycles. The van der Waals surface area contributed by atoms with E-state index in [4.69, 9.17) is 17.3 Å². The van der Waals surface area contributed by atoms with E-state index in [1.807, 2.05) is 24.3 Å². The van der Waals surface area contributed by atoms with Gasteiger partial charge < -0.3 is 5.73 Å². The monoisotopic (exact) mass is 281 g/mol. The maximum absolute atomic E-state index is 13.2. The number of halogens is 2. The van der Waals surface area contributed by atoms with E-state index in [2.05, 4.69) is 0 Å². The number of benzene rings is 2. The van der Waals surface area contributed by atoms with Gasteiger partial charge in [0, 0.05) is 9.79 Å². The zero-order valence-electron chi connectivity index (χ0n) is 9.70. The van der Waals surface area contributed by atoms with E-state index in [1.54, 1.807) is 6.07 Å². The van der Waals surface area contributed by atoms with Gasteiger partial charge in [0.25, 0.3) is 0 Å². The molecule has 2 N–H and O–H groups in total. The maximum Gasteiger partial charge on any atom is 0.124 e. The fraction of sp³-hybridized carbons (Fsp3) is 0.143. The van der Waals surface area contributed by atoms with Crippen LogP contribution in [0.3, 0.4) is 0 Å². The molecule has 18 heavy (non-hydrogen) atoms. The Balaban J connectivity index is 2.33. The van der Waals surface area contributed by atoms with Gasteiger partial charge >= 0.3 is 0 Å². The first-order chi connectivity index (χ1) is 8.70. The summed E-state index contributed by atoms with van der Waals surface area (Å²) in [7, 11) is 0. The Morgan fingerprint density at radius 2 is 1.94 bits per heavy atom. The van der Waals surface area contributed by atoms with Crippen molar-refractivity contribution in [1.29, 1.82) is 0 Å². The molecule has 0 heterocycles. The molecule has 0 atom stereocenters. The molecule has 0 spiro atoms. The third-order valence-electron chi connectivity index (χ3n) is 2.48. The number of nitrogens with two attached hydrogens (primary N) is 1. The van der Waals surface area contributed by atoms with Crippen LogP contribution in [0.25, 0.3) is 0 Å². The third kappa shape index (κ3) is 3.25. The normalized spacial score (nSPS) is 10.6. The van der Waals surface area contributed by atoms with Crippen LogP contribution in [0.2, 0.25) is 5.02 Å². The second-order valence-corrected chi connectivity index (χ2v) is 5.32. The van der Waals surface area contributed by atoms with Crippen LogP contribution in [0.4, 0.5) is 4.39 Å². The van der Waals surface area contributed by atoms with Gasteiger partial charge in [0.1, 0.15) is 5.82 Å². The van der Waals surface area contributed by atoms with Crippen molar-refractivity contribution < 1.29 is 4.39 Å². The SMILES string of the molecule is NCCc1cccc(Cl)c1Sc1cccc(F)c1. The van der Waals surface area contributed by atoms with Crippen molar-refractivity contribution in [1.82, 2.24) is 0 Å². The lowest BCUT2D eigenvalue weighted by atomic mass is 10.1. The van der Waals surface area contributed by atoms with Gasteiger partial charge in [-0.1, -0.05) is 41.6 Å². The summed E-state index contributed by atoms with van der Waals surface area (Å²) in [6.07, 6.45) is 0.762. The summed E-state index contributed by atoms with van der Waals surface area (Å²) < 4.78 is 13.2. The largest absolute Gasteiger partial charge is 0.330 e. The highest BCUT2D eigenvalue weighted by Crippen LogP contribution is 2.36. The van der Waals surface area contributed by atoms with Crippen LogP contribution < -0.4 is 5.73 Å². The predicted octanol–water partition coefficient (Wildman–Crippen LogP) is 4.13. The predicted molar refractivity (Wildman–Crippen MR) is 74.7 cm³/mol. The van der Waals surface area contributed by atoms with Crippen LogP contribution >= 0.6 is 23.4 Å². The Kier molecular flexibility index (Phi) is 4.64. The number of rotatable bonds is 4. The molecule has 0 fully saturated rings. The molecule has 0 saturated carbocycles. The summed E-state index contributed by atoms with van der Waals surface area (Å²) in [4.78, 5) is 1.79. The molecule has 2 rings (SSSR count). The molecule has 0 radical (unpaired) electrons. The lowest BCUT2D eigenvalue weighted by Gasteiger charge is -2.10. The van der Waals surface area contributed by atoms with Crippen molar-refractivity contribution >= 4 is 23.4 Å². The first-order valence-electron chi connectivity index (χ1n) is 5.61. The highest BCUT2D eigenvalue weighted by atomic mass is 35.5. The lowest BCUT2D eigenvalue weighted by Crippen LogP contribution is -2.03.